The van der Waals surface area contributed by atoms with E-state index in [-0.39, 0.29) is 5.60 Å². The number of hydrogen-bond donors (Lipinski definition) is 0. The van der Waals surface area contributed by atoms with Crippen molar-refractivity contribution in [3.63, 3.8) is 0 Å². The van der Waals surface area contributed by atoms with Gasteiger partial charge in [0, 0.05) is 55.7 Å². The number of nitrogens with zero attached hydrogens (tertiary/aromatic N) is 3. The summed E-state index contributed by atoms with van der Waals surface area (Å²) in [6.07, 6.45) is -1.34. The predicted molar refractivity (Wildman–Crippen MR) is 164 cm³/mol. The lowest BCUT2D eigenvalue weighted by Gasteiger charge is -2.37. The van der Waals surface area contributed by atoms with Gasteiger partial charge in [-0.05, 0) is 81.8 Å². The first-order chi connectivity index (χ1) is 18.9. The minimum absolute atomic E-state index is 0.116. The average Bonchev–Trinajstić information content (AvgIpc) is 2.91. The zero-order valence-corrected chi connectivity index (χ0v) is 26.4. The normalized spacial score (nSPS) is 17.4. The van der Waals surface area contributed by atoms with Crippen molar-refractivity contribution in [3.05, 3.63) is 48.0 Å². The first-order valence-electron chi connectivity index (χ1n) is 14.4. The molecule has 0 aromatic heterocycles. The van der Waals surface area contributed by atoms with E-state index in [2.05, 4.69) is 49.1 Å². The van der Waals surface area contributed by atoms with Gasteiger partial charge in [-0.25, -0.2) is 0 Å². The lowest BCUT2D eigenvalue weighted by Crippen LogP contribution is -2.48. The van der Waals surface area contributed by atoms with Crippen LogP contribution < -0.4 is 4.90 Å². The van der Waals surface area contributed by atoms with Crippen molar-refractivity contribution in [2.75, 3.05) is 64.0 Å². The molecular weight excluding hydrogens is 550 g/mol. The number of alkyl halides is 3. The number of halogens is 3. The smallest absolute Gasteiger partial charge is 0.375 e. The number of fused-ring (bicyclic) bond motifs is 2. The Bertz CT molecular complexity index is 1120. The molecule has 1 atom stereocenters. The largest absolute Gasteiger partial charge is 0.416 e. The number of para-hydroxylation sites is 1. The highest BCUT2D eigenvalue weighted by Crippen LogP contribution is 2.49. The summed E-state index contributed by atoms with van der Waals surface area (Å²) in [5.74, 6) is 0. The lowest BCUT2D eigenvalue weighted by molar-refractivity contribution is -0.137. The molecule has 2 heterocycles. The van der Waals surface area contributed by atoms with Gasteiger partial charge in [0.15, 0.2) is 0 Å². The summed E-state index contributed by atoms with van der Waals surface area (Å²) in [4.78, 5) is 9.07. The van der Waals surface area contributed by atoms with E-state index in [0.717, 1.165) is 89.2 Å². The summed E-state index contributed by atoms with van der Waals surface area (Å²) >= 11 is 1.55. The number of ether oxygens (including phenoxy) is 1. The zero-order chi connectivity index (χ0) is 29.0. The maximum absolute atomic E-state index is 13.5. The zero-order valence-electron chi connectivity index (χ0n) is 24.6. The standard InChI is InChI=1S/C31H45F3N3OPS/c1-29(2,38-22-14-30(3,4)39-5)13-17-36-20-18-35(19-21-36)15-8-16-37-25-9-6-7-10-27(25)40-28-12-11-24(23-26(28)37)31(32,33)34/h6-7,9-12,23,39H,8,13-22H2,1-5H3. The van der Waals surface area contributed by atoms with Gasteiger partial charge in [0.1, 0.15) is 0 Å². The van der Waals surface area contributed by atoms with Crippen molar-refractivity contribution in [3.8, 4) is 0 Å². The van der Waals surface area contributed by atoms with Crippen LogP contribution in [-0.2, 0) is 10.9 Å². The van der Waals surface area contributed by atoms with Gasteiger partial charge >= 0.3 is 6.18 Å². The maximum Gasteiger partial charge on any atom is 0.416 e. The third-order valence-electron chi connectivity index (χ3n) is 8.20. The van der Waals surface area contributed by atoms with Crippen LogP contribution in [0.4, 0.5) is 24.5 Å². The second kappa shape index (κ2) is 13.3. The number of rotatable bonds is 12. The van der Waals surface area contributed by atoms with Crippen molar-refractivity contribution in [2.45, 2.75) is 73.7 Å². The molecule has 9 heteroatoms. The molecule has 0 amide bonds. The van der Waals surface area contributed by atoms with Crippen LogP contribution in [0.3, 0.4) is 0 Å². The van der Waals surface area contributed by atoms with E-state index < -0.39 is 11.7 Å². The SMILES string of the molecule is CPC(C)(C)CCOC(C)(C)CCN1CCN(CCCN2c3ccccc3Sc3ccc(C(F)(F)F)cc32)CC1. The molecule has 0 N–H and O–H groups in total. The van der Waals surface area contributed by atoms with Crippen LogP contribution in [0.1, 0.15) is 52.5 Å². The lowest BCUT2D eigenvalue weighted by atomic mass is 10.0. The number of anilines is 2. The van der Waals surface area contributed by atoms with Gasteiger partial charge in [0.05, 0.1) is 22.5 Å². The fourth-order valence-electron chi connectivity index (χ4n) is 5.14. The fourth-order valence-corrected chi connectivity index (χ4v) is 6.57. The van der Waals surface area contributed by atoms with Crippen LogP contribution in [0.25, 0.3) is 0 Å². The van der Waals surface area contributed by atoms with E-state index in [1.807, 2.05) is 24.3 Å². The average molecular weight is 596 g/mol. The summed E-state index contributed by atoms with van der Waals surface area (Å²) in [5, 5.41) is 0.359. The second-order valence-corrected chi connectivity index (χ2v) is 15.1. The number of piperazine rings is 1. The molecule has 0 aliphatic carbocycles. The van der Waals surface area contributed by atoms with Crippen LogP contribution in [0.2, 0.25) is 0 Å². The first kappa shape index (κ1) is 31.6. The van der Waals surface area contributed by atoms with Crippen molar-refractivity contribution in [1.82, 2.24) is 9.80 Å². The summed E-state index contributed by atoms with van der Waals surface area (Å²) in [5.41, 5.74) is 0.945. The molecule has 1 saturated heterocycles. The topological polar surface area (TPSA) is 19.0 Å². The van der Waals surface area contributed by atoms with E-state index in [4.69, 9.17) is 4.74 Å². The van der Waals surface area contributed by atoms with Gasteiger partial charge < -0.3 is 19.4 Å². The monoisotopic (exact) mass is 595 g/mol. The molecule has 2 aromatic rings. The molecule has 1 unspecified atom stereocenters. The molecule has 222 valence electrons. The Morgan fingerprint density at radius 1 is 0.825 bits per heavy atom. The van der Waals surface area contributed by atoms with E-state index in [0.29, 0.717) is 17.4 Å². The van der Waals surface area contributed by atoms with Gasteiger partial charge in [0.25, 0.3) is 0 Å². The summed E-state index contributed by atoms with van der Waals surface area (Å²) in [6.45, 7) is 18.9. The first-order valence-corrected chi connectivity index (χ1v) is 16.7. The minimum atomic E-state index is -4.35. The Morgan fingerprint density at radius 2 is 1.48 bits per heavy atom. The summed E-state index contributed by atoms with van der Waals surface area (Å²) in [7, 11) is 0.924. The van der Waals surface area contributed by atoms with E-state index in [1.54, 1.807) is 17.8 Å². The summed E-state index contributed by atoms with van der Waals surface area (Å²) < 4.78 is 46.8. The Kier molecular flexibility index (Phi) is 10.5. The van der Waals surface area contributed by atoms with Crippen LogP contribution >= 0.6 is 20.3 Å². The van der Waals surface area contributed by atoms with Crippen molar-refractivity contribution in [1.29, 1.82) is 0 Å². The molecule has 40 heavy (non-hydrogen) atoms. The molecule has 4 nitrogen and oxygen atoms in total. The highest BCUT2D eigenvalue weighted by Gasteiger charge is 2.33. The minimum Gasteiger partial charge on any atom is -0.375 e. The van der Waals surface area contributed by atoms with Crippen molar-refractivity contribution < 1.29 is 17.9 Å². The van der Waals surface area contributed by atoms with Gasteiger partial charge in [-0.2, -0.15) is 13.2 Å². The Morgan fingerprint density at radius 3 is 2.15 bits per heavy atom. The van der Waals surface area contributed by atoms with Gasteiger partial charge in [-0.1, -0.05) is 37.7 Å². The van der Waals surface area contributed by atoms with E-state index in [1.165, 1.54) is 12.1 Å². The van der Waals surface area contributed by atoms with Gasteiger partial charge in [-0.15, -0.1) is 8.58 Å². The molecule has 0 saturated carbocycles. The quantitative estimate of drug-likeness (QED) is 0.231. The molecule has 2 aliphatic heterocycles. The molecule has 2 aromatic carbocycles. The summed E-state index contributed by atoms with van der Waals surface area (Å²) in [6, 6.07) is 12.1. The van der Waals surface area contributed by atoms with Crippen LogP contribution in [0.15, 0.2) is 52.3 Å². The number of benzene rings is 2. The molecule has 0 bridgehead atoms. The maximum atomic E-state index is 13.5. The van der Waals surface area contributed by atoms with Gasteiger partial charge in [0.2, 0.25) is 0 Å². The Labute approximate surface area is 244 Å². The highest BCUT2D eigenvalue weighted by molar-refractivity contribution is 7.99. The van der Waals surface area contributed by atoms with Crippen LogP contribution in [0, 0.1) is 0 Å². The Hall–Kier alpha value is -1.31. The third-order valence-corrected chi connectivity index (χ3v) is 10.9. The van der Waals surface area contributed by atoms with Crippen LogP contribution in [-0.4, -0.2) is 79.6 Å². The van der Waals surface area contributed by atoms with Crippen molar-refractivity contribution >= 4 is 31.7 Å². The predicted octanol–water partition coefficient (Wildman–Crippen LogP) is 7.98. The highest BCUT2D eigenvalue weighted by atomic mass is 32.2. The molecule has 2 aliphatic rings. The molecule has 0 radical (unpaired) electrons. The number of hydrogen-bond acceptors (Lipinski definition) is 5. The van der Waals surface area contributed by atoms with E-state index >= 15 is 0 Å². The van der Waals surface area contributed by atoms with Gasteiger partial charge in [-0.3, -0.25) is 0 Å². The van der Waals surface area contributed by atoms with Crippen molar-refractivity contribution in [2.24, 2.45) is 0 Å². The molecule has 4 rings (SSSR count). The van der Waals surface area contributed by atoms with Crippen LogP contribution in [0.5, 0.6) is 0 Å². The molecular formula is C31H45F3N3OPS. The molecule has 0 spiro atoms. The second-order valence-electron chi connectivity index (χ2n) is 12.2. The third kappa shape index (κ3) is 8.61. The fraction of sp³-hybridized carbons (Fsp3) is 0.613. The Balaban J connectivity index is 1.25. The van der Waals surface area contributed by atoms with E-state index in [9.17, 15) is 13.2 Å². The molecule has 1 fully saturated rings.